The average Bonchev–Trinajstić information content (AvgIpc) is 2.86. The molecular weight excluding hydrogens is 504 g/mol. The number of piperidine rings is 3. The lowest BCUT2D eigenvalue weighted by molar-refractivity contribution is -0.192. The van der Waals surface area contributed by atoms with Crippen molar-refractivity contribution in [1.29, 1.82) is 5.26 Å². The van der Waals surface area contributed by atoms with Crippen molar-refractivity contribution < 1.29 is 36.2 Å². The summed E-state index contributed by atoms with van der Waals surface area (Å²) in [5.41, 5.74) is 0.605. The zero-order valence-corrected chi connectivity index (χ0v) is 19.6. The molecule has 4 heterocycles. The highest BCUT2D eigenvalue weighted by atomic mass is 19.4. The number of benzene rings is 1. The summed E-state index contributed by atoms with van der Waals surface area (Å²) >= 11 is 0. The number of fused-ring (bicyclic) bond motifs is 3. The molecule has 1 atom stereocenters. The van der Waals surface area contributed by atoms with E-state index in [1.54, 1.807) is 12.1 Å². The summed E-state index contributed by atoms with van der Waals surface area (Å²) < 4.78 is 70.8. The minimum atomic E-state index is -5.08. The van der Waals surface area contributed by atoms with Gasteiger partial charge in [-0.1, -0.05) is 12.1 Å². The number of carboxylic acids is 1. The first-order valence-electron chi connectivity index (χ1n) is 11.6. The second-order valence-corrected chi connectivity index (χ2v) is 8.86. The second kappa shape index (κ2) is 11.9. The van der Waals surface area contributed by atoms with Crippen LogP contribution in [0.4, 0.5) is 26.3 Å². The smallest absolute Gasteiger partial charge is 0.475 e. The third-order valence-corrected chi connectivity index (χ3v) is 6.28. The van der Waals surface area contributed by atoms with Crippen molar-refractivity contribution >= 4 is 5.97 Å². The molecule has 1 unspecified atom stereocenters. The molecule has 0 saturated carbocycles. The maximum atomic E-state index is 13.0. The molecule has 2 bridgehead atoms. The van der Waals surface area contributed by atoms with E-state index in [1.165, 1.54) is 32.0 Å². The largest absolute Gasteiger partial charge is 0.490 e. The van der Waals surface area contributed by atoms with Crippen LogP contribution in [0.1, 0.15) is 36.3 Å². The van der Waals surface area contributed by atoms with Crippen LogP contribution >= 0.6 is 0 Å². The lowest BCUT2D eigenvalue weighted by Gasteiger charge is -2.45. The number of nitrogens with one attached hydrogen (secondary N) is 1. The first kappa shape index (κ1) is 28.3. The topological polar surface area (TPSA) is 102 Å². The normalized spacial score (nSPS) is 21.1. The predicted molar refractivity (Wildman–Crippen MR) is 120 cm³/mol. The van der Waals surface area contributed by atoms with Gasteiger partial charge in [-0.2, -0.15) is 31.6 Å². The van der Waals surface area contributed by atoms with Gasteiger partial charge in [0.1, 0.15) is 6.07 Å². The van der Waals surface area contributed by atoms with Gasteiger partial charge < -0.3 is 15.3 Å². The molecule has 3 fully saturated rings. The number of rotatable bonds is 6. The quantitative estimate of drug-likeness (QED) is 0.425. The van der Waals surface area contributed by atoms with Gasteiger partial charge in [0.2, 0.25) is 5.82 Å². The van der Waals surface area contributed by atoms with Crippen LogP contribution in [0.15, 0.2) is 30.3 Å². The van der Waals surface area contributed by atoms with Gasteiger partial charge in [-0.15, -0.1) is 0 Å². The molecule has 0 spiro atoms. The van der Waals surface area contributed by atoms with Gasteiger partial charge in [0, 0.05) is 23.8 Å². The molecule has 37 heavy (non-hydrogen) atoms. The van der Waals surface area contributed by atoms with E-state index in [2.05, 4.69) is 20.2 Å². The minimum Gasteiger partial charge on any atom is -0.475 e. The predicted octanol–water partition coefficient (Wildman–Crippen LogP) is 4.28. The van der Waals surface area contributed by atoms with E-state index in [0.717, 1.165) is 37.6 Å². The van der Waals surface area contributed by atoms with Gasteiger partial charge in [-0.05, 0) is 69.4 Å². The molecule has 3 saturated heterocycles. The van der Waals surface area contributed by atoms with Crippen LogP contribution < -0.4 is 5.32 Å². The van der Waals surface area contributed by atoms with Crippen molar-refractivity contribution in [2.24, 2.45) is 5.92 Å². The minimum absolute atomic E-state index is 0.0229. The van der Waals surface area contributed by atoms with E-state index < -0.39 is 23.9 Å². The number of hydrogen-bond donors (Lipinski definition) is 2. The van der Waals surface area contributed by atoms with Crippen molar-refractivity contribution in [3.63, 3.8) is 0 Å². The van der Waals surface area contributed by atoms with Gasteiger partial charge in [-0.25, -0.2) is 14.8 Å². The number of carboxylic acid groups (broad SMARTS) is 1. The molecule has 1 aromatic heterocycles. The number of nitriles is 1. The number of aryl methyl sites for hydroxylation is 1. The second-order valence-electron chi connectivity index (χ2n) is 8.86. The van der Waals surface area contributed by atoms with Gasteiger partial charge in [0.25, 0.3) is 0 Å². The number of carbonyl (C=O) groups is 1. The monoisotopic (exact) mass is 529 g/mol. The Kier molecular flexibility index (Phi) is 9.09. The highest BCUT2D eigenvalue weighted by Crippen LogP contribution is 2.32. The van der Waals surface area contributed by atoms with Gasteiger partial charge in [0.15, 0.2) is 0 Å². The molecule has 1 aromatic carbocycles. The maximum absolute atomic E-state index is 13.0. The van der Waals surface area contributed by atoms with E-state index in [-0.39, 0.29) is 5.82 Å². The third-order valence-electron chi connectivity index (χ3n) is 6.28. The van der Waals surface area contributed by atoms with E-state index in [4.69, 9.17) is 9.90 Å². The van der Waals surface area contributed by atoms with Crippen molar-refractivity contribution in [3.05, 3.63) is 47.4 Å². The molecule has 200 valence electrons. The summed E-state index contributed by atoms with van der Waals surface area (Å²) in [6, 6.07) is 9.14. The Morgan fingerprint density at radius 2 is 1.81 bits per heavy atom. The summed E-state index contributed by atoms with van der Waals surface area (Å²) in [6.07, 6.45) is -5.51. The number of aromatic nitrogens is 2. The maximum Gasteiger partial charge on any atom is 0.490 e. The van der Waals surface area contributed by atoms with Crippen LogP contribution in [-0.2, 0) is 17.4 Å². The van der Waals surface area contributed by atoms with Crippen LogP contribution in [0.5, 0.6) is 0 Å². The van der Waals surface area contributed by atoms with Gasteiger partial charge >= 0.3 is 18.3 Å². The SMILES string of the molecule is N#Cc1nc(CCCNC2CN3CCC2CC3)cc(-c2cccc(C(F)(F)F)c2)n1.O=C(O)C(F)(F)F. The molecule has 0 amide bonds. The Labute approximate surface area is 209 Å². The third kappa shape index (κ3) is 8.13. The zero-order valence-electron chi connectivity index (χ0n) is 19.6. The summed E-state index contributed by atoms with van der Waals surface area (Å²) in [5, 5.41) is 20.0. The van der Waals surface area contributed by atoms with Crippen molar-refractivity contribution in [2.75, 3.05) is 26.2 Å². The van der Waals surface area contributed by atoms with E-state index in [9.17, 15) is 31.6 Å². The van der Waals surface area contributed by atoms with Gasteiger partial charge in [-0.3, -0.25) is 0 Å². The molecule has 0 aliphatic carbocycles. The molecule has 2 N–H and O–H groups in total. The molecule has 5 rings (SSSR count). The molecule has 7 nitrogen and oxygen atoms in total. The Morgan fingerprint density at radius 3 is 2.35 bits per heavy atom. The molecule has 0 radical (unpaired) electrons. The molecule has 2 aromatic rings. The number of alkyl halides is 6. The van der Waals surface area contributed by atoms with Crippen molar-refractivity contribution in [2.45, 2.75) is 44.1 Å². The fraction of sp³-hybridized carbons (Fsp3) is 0.500. The Bertz CT molecular complexity index is 1120. The molecule has 3 aliphatic heterocycles. The van der Waals surface area contributed by atoms with E-state index >= 15 is 0 Å². The Hall–Kier alpha value is -3.24. The Balaban J connectivity index is 0.000000479. The van der Waals surface area contributed by atoms with Crippen molar-refractivity contribution in [1.82, 2.24) is 20.2 Å². The highest BCUT2D eigenvalue weighted by molar-refractivity contribution is 5.73. The number of aliphatic carboxylic acids is 1. The molecule has 13 heteroatoms. The summed E-state index contributed by atoms with van der Waals surface area (Å²) in [4.78, 5) is 19.8. The first-order chi connectivity index (χ1) is 17.4. The lowest BCUT2D eigenvalue weighted by atomic mass is 9.84. The number of nitrogens with zero attached hydrogens (tertiary/aromatic N) is 4. The average molecular weight is 529 g/mol. The molecule has 3 aliphatic rings. The van der Waals surface area contributed by atoms with Crippen LogP contribution in [0.3, 0.4) is 0 Å². The van der Waals surface area contributed by atoms with E-state index in [0.29, 0.717) is 29.4 Å². The zero-order chi connectivity index (χ0) is 27.2. The first-order valence-corrected chi connectivity index (χ1v) is 11.6. The van der Waals surface area contributed by atoms with Gasteiger partial charge in [0.05, 0.1) is 11.3 Å². The summed E-state index contributed by atoms with van der Waals surface area (Å²) in [6.45, 7) is 4.37. The van der Waals surface area contributed by atoms with Crippen LogP contribution in [0, 0.1) is 17.2 Å². The van der Waals surface area contributed by atoms with E-state index in [1.807, 2.05) is 6.07 Å². The van der Waals surface area contributed by atoms with Crippen LogP contribution in [0.25, 0.3) is 11.3 Å². The number of hydrogen-bond acceptors (Lipinski definition) is 6. The van der Waals surface area contributed by atoms with Crippen LogP contribution in [0.2, 0.25) is 0 Å². The molecular formula is C24H25F6N5O2. The number of halogens is 6. The lowest BCUT2D eigenvalue weighted by Crippen LogP contribution is -2.56. The van der Waals surface area contributed by atoms with Crippen LogP contribution in [-0.4, -0.2) is 64.3 Å². The standard InChI is InChI=1S/C22H24F3N5.C2HF3O2/c23-22(24,25)17-4-1-3-16(11-17)19-12-18(28-21(13-26)29-19)5-2-8-27-20-14-30-9-6-15(20)7-10-30;3-2(4,5)1(6)7/h1,3-4,11-12,15,20,27H,2,5-10,14H2;(H,6,7). The van der Waals surface area contributed by atoms with Crippen molar-refractivity contribution in [3.8, 4) is 17.3 Å². The summed E-state index contributed by atoms with van der Waals surface area (Å²) in [5.74, 6) is -2.02. The summed E-state index contributed by atoms with van der Waals surface area (Å²) in [7, 11) is 0. The fourth-order valence-electron chi connectivity index (χ4n) is 4.43. The fourth-order valence-corrected chi connectivity index (χ4v) is 4.43. The Morgan fingerprint density at radius 1 is 1.14 bits per heavy atom. The highest BCUT2D eigenvalue weighted by Gasteiger charge is 2.38.